The third-order valence-corrected chi connectivity index (χ3v) is 5.49. The number of amides is 2. The first-order valence-corrected chi connectivity index (χ1v) is 9.34. The molecule has 0 unspecified atom stereocenters. The van der Waals surface area contributed by atoms with Gasteiger partial charge in [-0.3, -0.25) is 14.2 Å². The molecule has 2 amide bonds. The van der Waals surface area contributed by atoms with Gasteiger partial charge in [0.25, 0.3) is 0 Å². The summed E-state index contributed by atoms with van der Waals surface area (Å²) in [5.41, 5.74) is 1.03. The maximum Gasteiger partial charge on any atom is 0.420 e. The van der Waals surface area contributed by atoms with Crippen molar-refractivity contribution < 1.29 is 19.1 Å². The molecule has 2 N–H and O–H groups in total. The lowest BCUT2D eigenvalue weighted by Crippen LogP contribution is -2.55. The lowest BCUT2D eigenvalue weighted by atomic mass is 9.92. The number of likely N-dealkylation sites (tertiary alicyclic amines) is 1. The number of rotatable bonds is 5. The summed E-state index contributed by atoms with van der Waals surface area (Å²) >= 11 is 0. The molecule has 27 heavy (non-hydrogen) atoms. The second-order valence-corrected chi connectivity index (χ2v) is 7.38. The minimum atomic E-state index is -0.562. The first-order valence-electron chi connectivity index (χ1n) is 9.34. The summed E-state index contributed by atoms with van der Waals surface area (Å²) < 4.78 is 6.50. The molecule has 8 heteroatoms. The smallest absolute Gasteiger partial charge is 0.408 e. The molecular formula is C19H23N3O5. The Morgan fingerprint density at radius 3 is 2.74 bits per heavy atom. The molecule has 2 aromatic rings. The molecular weight excluding hydrogens is 350 g/mol. The van der Waals surface area contributed by atoms with Crippen LogP contribution in [0.4, 0.5) is 0 Å². The molecule has 1 aromatic heterocycles. The maximum atomic E-state index is 12.8. The van der Waals surface area contributed by atoms with E-state index in [0.717, 1.165) is 12.8 Å². The zero-order valence-corrected chi connectivity index (χ0v) is 15.0. The highest BCUT2D eigenvalue weighted by Gasteiger charge is 2.36. The van der Waals surface area contributed by atoms with Crippen LogP contribution in [0.2, 0.25) is 0 Å². The Morgan fingerprint density at radius 2 is 2.00 bits per heavy atom. The van der Waals surface area contributed by atoms with Gasteiger partial charge in [-0.15, -0.1) is 0 Å². The summed E-state index contributed by atoms with van der Waals surface area (Å²) in [4.78, 5) is 38.6. The van der Waals surface area contributed by atoms with Gasteiger partial charge in [-0.1, -0.05) is 12.1 Å². The van der Waals surface area contributed by atoms with E-state index in [9.17, 15) is 19.5 Å². The minimum Gasteiger partial charge on any atom is -0.408 e. The van der Waals surface area contributed by atoms with Gasteiger partial charge in [0.2, 0.25) is 11.8 Å². The Bertz CT molecular complexity index is 913. The van der Waals surface area contributed by atoms with Gasteiger partial charge in [0.05, 0.1) is 11.6 Å². The Balaban J connectivity index is 1.47. The summed E-state index contributed by atoms with van der Waals surface area (Å²) in [5.74, 6) is -0.746. The standard InChI is InChI=1S/C19H23N3O5/c23-11-13-7-8-21(9-14(13)20-18(25)12-5-6-12)17(24)10-22-15-3-1-2-4-16(15)27-19(22)26/h1-4,12-14,23H,5-11H2,(H,20,25)/t13-,14-/m1/s1. The molecule has 0 bridgehead atoms. The molecule has 2 heterocycles. The maximum absolute atomic E-state index is 12.8. The molecule has 1 saturated carbocycles. The fourth-order valence-electron chi connectivity index (χ4n) is 3.65. The second kappa shape index (κ2) is 7.19. The highest BCUT2D eigenvalue weighted by molar-refractivity contribution is 5.82. The summed E-state index contributed by atoms with van der Waals surface area (Å²) in [6.45, 7) is 0.698. The Morgan fingerprint density at radius 1 is 1.22 bits per heavy atom. The number of aliphatic hydroxyl groups is 1. The quantitative estimate of drug-likeness (QED) is 0.786. The van der Waals surface area contributed by atoms with Gasteiger partial charge in [0.1, 0.15) is 6.54 Å². The molecule has 1 aliphatic heterocycles. The predicted molar refractivity (Wildman–Crippen MR) is 96.9 cm³/mol. The van der Waals surface area contributed by atoms with Gasteiger partial charge in [0, 0.05) is 31.5 Å². The van der Waals surface area contributed by atoms with Gasteiger partial charge in [-0.2, -0.15) is 0 Å². The molecule has 1 aromatic carbocycles. The van der Waals surface area contributed by atoms with Crippen LogP contribution < -0.4 is 11.1 Å². The SMILES string of the molecule is O=C(N[C@@H]1CN(C(=O)Cn2c(=O)oc3ccccc32)CC[C@@H]1CO)C1CC1. The van der Waals surface area contributed by atoms with Crippen LogP contribution in [0.3, 0.4) is 0 Å². The van der Waals surface area contributed by atoms with Crippen LogP contribution in [0.1, 0.15) is 19.3 Å². The van der Waals surface area contributed by atoms with Crippen LogP contribution in [-0.4, -0.2) is 52.1 Å². The van der Waals surface area contributed by atoms with E-state index < -0.39 is 5.76 Å². The fourth-order valence-corrected chi connectivity index (χ4v) is 3.65. The number of benzene rings is 1. The number of carbonyl (C=O) groups is 2. The number of hydrogen-bond donors (Lipinski definition) is 2. The number of oxazole rings is 1. The zero-order chi connectivity index (χ0) is 19.0. The minimum absolute atomic E-state index is 0.00444. The average Bonchev–Trinajstić information content (AvgIpc) is 3.47. The Labute approximate surface area is 155 Å². The van der Waals surface area contributed by atoms with Crippen LogP contribution in [0.25, 0.3) is 11.1 Å². The summed E-state index contributed by atoms with van der Waals surface area (Å²) in [6.07, 6.45) is 2.42. The number of piperidine rings is 1. The van der Waals surface area contributed by atoms with Gasteiger partial charge >= 0.3 is 5.76 Å². The van der Waals surface area contributed by atoms with Crippen LogP contribution in [0.5, 0.6) is 0 Å². The summed E-state index contributed by atoms with van der Waals surface area (Å²) in [5, 5.41) is 12.6. The van der Waals surface area contributed by atoms with E-state index in [1.165, 1.54) is 4.57 Å². The molecule has 2 atom stereocenters. The Hall–Kier alpha value is -2.61. The monoisotopic (exact) mass is 373 g/mol. The van der Waals surface area contributed by atoms with Crippen molar-refractivity contribution in [2.24, 2.45) is 11.8 Å². The van der Waals surface area contributed by atoms with E-state index in [1.54, 1.807) is 29.2 Å². The van der Waals surface area contributed by atoms with Crippen molar-refractivity contribution in [1.29, 1.82) is 0 Å². The normalized spacial score (nSPS) is 22.8. The average molecular weight is 373 g/mol. The van der Waals surface area contributed by atoms with Crippen molar-refractivity contribution in [3.8, 4) is 0 Å². The van der Waals surface area contributed by atoms with Crippen molar-refractivity contribution in [2.75, 3.05) is 19.7 Å². The number of hydrogen-bond acceptors (Lipinski definition) is 5. The molecule has 2 aliphatic rings. The van der Waals surface area contributed by atoms with Crippen LogP contribution >= 0.6 is 0 Å². The van der Waals surface area contributed by atoms with Crippen LogP contribution in [-0.2, 0) is 16.1 Å². The molecule has 1 saturated heterocycles. The first kappa shape index (κ1) is 17.8. The molecule has 1 aliphatic carbocycles. The van der Waals surface area contributed by atoms with E-state index >= 15 is 0 Å². The lowest BCUT2D eigenvalue weighted by Gasteiger charge is -2.38. The molecule has 4 rings (SSSR count). The van der Waals surface area contributed by atoms with Gasteiger partial charge in [-0.25, -0.2) is 4.79 Å². The van der Waals surface area contributed by atoms with Gasteiger partial charge < -0.3 is 19.7 Å². The van der Waals surface area contributed by atoms with Crippen molar-refractivity contribution in [2.45, 2.75) is 31.8 Å². The van der Waals surface area contributed by atoms with Crippen molar-refractivity contribution in [1.82, 2.24) is 14.8 Å². The number of aliphatic hydroxyl groups excluding tert-OH is 1. The van der Waals surface area contributed by atoms with E-state index in [4.69, 9.17) is 4.42 Å². The molecule has 144 valence electrons. The first-order chi connectivity index (χ1) is 13.1. The van der Waals surface area contributed by atoms with E-state index in [2.05, 4.69) is 5.32 Å². The fraction of sp³-hybridized carbons (Fsp3) is 0.526. The van der Waals surface area contributed by atoms with Crippen LogP contribution in [0, 0.1) is 11.8 Å². The summed E-state index contributed by atoms with van der Waals surface area (Å²) in [7, 11) is 0. The lowest BCUT2D eigenvalue weighted by molar-refractivity contribution is -0.135. The molecule has 8 nitrogen and oxygen atoms in total. The number of carbonyl (C=O) groups excluding carboxylic acids is 2. The van der Waals surface area contributed by atoms with E-state index in [-0.39, 0.29) is 42.8 Å². The highest BCUT2D eigenvalue weighted by atomic mass is 16.4. The van der Waals surface area contributed by atoms with E-state index in [0.29, 0.717) is 30.6 Å². The number of aromatic nitrogens is 1. The topological polar surface area (TPSA) is 105 Å². The predicted octanol–water partition coefficient (Wildman–Crippen LogP) is 0.330. The second-order valence-electron chi connectivity index (χ2n) is 7.38. The van der Waals surface area contributed by atoms with Gasteiger partial charge in [0.15, 0.2) is 5.58 Å². The molecule has 0 spiro atoms. The molecule has 2 fully saturated rings. The number of nitrogens with one attached hydrogen (secondary N) is 1. The van der Waals surface area contributed by atoms with E-state index in [1.807, 2.05) is 0 Å². The number of fused-ring (bicyclic) bond motifs is 1. The zero-order valence-electron chi connectivity index (χ0n) is 15.0. The third kappa shape index (κ3) is 3.62. The summed E-state index contributed by atoms with van der Waals surface area (Å²) in [6, 6.07) is 6.72. The molecule has 0 radical (unpaired) electrons. The van der Waals surface area contributed by atoms with Crippen LogP contribution in [0.15, 0.2) is 33.5 Å². The highest BCUT2D eigenvalue weighted by Crippen LogP contribution is 2.29. The number of nitrogens with zero attached hydrogens (tertiary/aromatic N) is 2. The number of para-hydroxylation sites is 2. The van der Waals surface area contributed by atoms with Crippen molar-refractivity contribution in [3.05, 3.63) is 34.8 Å². The largest absolute Gasteiger partial charge is 0.420 e. The third-order valence-electron chi connectivity index (χ3n) is 5.49. The van der Waals surface area contributed by atoms with Gasteiger partial charge in [-0.05, 0) is 31.4 Å². The van der Waals surface area contributed by atoms with Crippen molar-refractivity contribution >= 4 is 22.9 Å². The van der Waals surface area contributed by atoms with Crippen molar-refractivity contribution in [3.63, 3.8) is 0 Å². The Kier molecular flexibility index (Phi) is 4.73.